The van der Waals surface area contributed by atoms with Crippen LogP contribution >= 0.6 is 0 Å². The van der Waals surface area contributed by atoms with Crippen LogP contribution in [0.15, 0.2) is 11.1 Å². The third-order valence-electron chi connectivity index (χ3n) is 3.71. The second-order valence-electron chi connectivity index (χ2n) is 4.86. The van der Waals surface area contributed by atoms with E-state index in [0.29, 0.717) is 11.7 Å². The van der Waals surface area contributed by atoms with Gasteiger partial charge in [-0.15, -0.1) is 0 Å². The molecule has 0 aromatic heterocycles. The largest absolute Gasteiger partial charge is 0.295 e. The summed E-state index contributed by atoms with van der Waals surface area (Å²) < 4.78 is 0. The van der Waals surface area contributed by atoms with Gasteiger partial charge in [0.15, 0.2) is 5.78 Å². The molecule has 0 saturated heterocycles. The Morgan fingerprint density at radius 3 is 2.71 bits per heavy atom. The summed E-state index contributed by atoms with van der Waals surface area (Å²) in [6, 6.07) is 0. The summed E-state index contributed by atoms with van der Waals surface area (Å²) in [5.41, 5.74) is 2.62. The van der Waals surface area contributed by atoms with Crippen molar-refractivity contribution in [2.75, 3.05) is 0 Å². The molecule has 0 aliphatic heterocycles. The van der Waals surface area contributed by atoms with Crippen molar-refractivity contribution in [3.8, 4) is 0 Å². The van der Waals surface area contributed by atoms with E-state index in [0.717, 1.165) is 18.8 Å². The third-order valence-corrected chi connectivity index (χ3v) is 3.71. The predicted molar refractivity (Wildman–Crippen MR) is 58.1 cm³/mol. The van der Waals surface area contributed by atoms with E-state index in [4.69, 9.17) is 0 Å². The van der Waals surface area contributed by atoms with E-state index in [2.05, 4.69) is 13.8 Å². The molecule has 2 aliphatic carbocycles. The van der Waals surface area contributed by atoms with E-state index in [1.165, 1.54) is 36.8 Å². The van der Waals surface area contributed by atoms with Crippen molar-refractivity contribution in [2.45, 2.75) is 52.4 Å². The fourth-order valence-electron chi connectivity index (χ4n) is 2.72. The Morgan fingerprint density at radius 2 is 2.14 bits per heavy atom. The van der Waals surface area contributed by atoms with E-state index < -0.39 is 0 Å². The third kappa shape index (κ3) is 1.77. The summed E-state index contributed by atoms with van der Waals surface area (Å²) in [7, 11) is 0. The molecule has 14 heavy (non-hydrogen) atoms. The first kappa shape index (κ1) is 9.95. The molecule has 0 heterocycles. The van der Waals surface area contributed by atoms with E-state index in [-0.39, 0.29) is 0 Å². The highest BCUT2D eigenvalue weighted by molar-refractivity contribution is 5.99. The lowest BCUT2D eigenvalue weighted by atomic mass is 10.0. The molecule has 1 nitrogen and oxygen atoms in total. The van der Waals surface area contributed by atoms with Gasteiger partial charge in [0.1, 0.15) is 0 Å². The lowest BCUT2D eigenvalue weighted by molar-refractivity contribution is -0.115. The van der Waals surface area contributed by atoms with Gasteiger partial charge in [0, 0.05) is 6.42 Å². The smallest absolute Gasteiger partial charge is 0.159 e. The highest BCUT2D eigenvalue weighted by atomic mass is 16.1. The second-order valence-corrected chi connectivity index (χ2v) is 4.86. The summed E-state index contributed by atoms with van der Waals surface area (Å²) in [5, 5.41) is 0. The van der Waals surface area contributed by atoms with Crippen molar-refractivity contribution >= 4 is 5.78 Å². The highest BCUT2D eigenvalue weighted by Crippen LogP contribution is 2.50. The van der Waals surface area contributed by atoms with Crippen LogP contribution in [0.4, 0.5) is 0 Å². The van der Waals surface area contributed by atoms with Gasteiger partial charge in [0.25, 0.3) is 0 Å². The Morgan fingerprint density at radius 1 is 1.36 bits per heavy atom. The van der Waals surface area contributed by atoms with Gasteiger partial charge in [-0.25, -0.2) is 0 Å². The molecule has 0 radical (unpaired) electrons. The molecule has 78 valence electrons. The molecule has 1 heteroatoms. The quantitative estimate of drug-likeness (QED) is 0.666. The van der Waals surface area contributed by atoms with Crippen LogP contribution in [-0.2, 0) is 4.79 Å². The van der Waals surface area contributed by atoms with Gasteiger partial charge in [-0.1, -0.05) is 25.3 Å². The Hall–Kier alpha value is -0.590. The van der Waals surface area contributed by atoms with Gasteiger partial charge in [0.2, 0.25) is 0 Å². The SMILES string of the molecule is CCCCC1CC1C1=C(C)CCC1=O. The Labute approximate surface area is 86.6 Å². The van der Waals surface area contributed by atoms with Crippen molar-refractivity contribution in [1.29, 1.82) is 0 Å². The lowest BCUT2D eigenvalue weighted by Crippen LogP contribution is -2.00. The number of Topliss-reactive ketones (excluding diaryl/α,β-unsaturated/α-hetero) is 1. The van der Waals surface area contributed by atoms with Crippen LogP contribution in [0.3, 0.4) is 0 Å². The summed E-state index contributed by atoms with van der Waals surface area (Å²) in [6.45, 7) is 4.39. The van der Waals surface area contributed by atoms with E-state index in [1.807, 2.05) is 0 Å². The van der Waals surface area contributed by atoms with E-state index in [9.17, 15) is 4.79 Å². The van der Waals surface area contributed by atoms with Gasteiger partial charge in [-0.2, -0.15) is 0 Å². The molecule has 0 aromatic carbocycles. The van der Waals surface area contributed by atoms with Crippen molar-refractivity contribution in [2.24, 2.45) is 11.8 Å². The maximum absolute atomic E-state index is 11.6. The molecule has 0 aromatic rings. The Balaban J connectivity index is 1.92. The van der Waals surface area contributed by atoms with E-state index in [1.54, 1.807) is 0 Å². The van der Waals surface area contributed by atoms with Crippen molar-refractivity contribution in [1.82, 2.24) is 0 Å². The fourth-order valence-corrected chi connectivity index (χ4v) is 2.72. The molecule has 0 bridgehead atoms. The van der Waals surface area contributed by atoms with Crippen LogP contribution in [0.2, 0.25) is 0 Å². The molecular formula is C13H20O. The zero-order valence-electron chi connectivity index (χ0n) is 9.31. The molecule has 0 amide bonds. The first-order valence-electron chi connectivity index (χ1n) is 5.97. The summed E-state index contributed by atoms with van der Waals surface area (Å²) in [6.07, 6.45) is 7.07. The molecule has 1 saturated carbocycles. The summed E-state index contributed by atoms with van der Waals surface area (Å²) in [5.74, 6) is 1.96. The number of hydrogen-bond acceptors (Lipinski definition) is 1. The molecule has 2 aliphatic rings. The lowest BCUT2D eigenvalue weighted by Gasteiger charge is -2.01. The highest BCUT2D eigenvalue weighted by Gasteiger charge is 2.43. The minimum atomic E-state index is 0.450. The monoisotopic (exact) mass is 192 g/mol. The minimum absolute atomic E-state index is 0.450. The summed E-state index contributed by atoms with van der Waals surface area (Å²) in [4.78, 5) is 11.6. The zero-order chi connectivity index (χ0) is 10.1. The van der Waals surface area contributed by atoms with Crippen LogP contribution in [-0.4, -0.2) is 5.78 Å². The maximum Gasteiger partial charge on any atom is 0.159 e. The van der Waals surface area contributed by atoms with Gasteiger partial charge in [0.05, 0.1) is 0 Å². The van der Waals surface area contributed by atoms with Crippen LogP contribution in [0.25, 0.3) is 0 Å². The number of ketones is 1. The van der Waals surface area contributed by atoms with Gasteiger partial charge in [-0.05, 0) is 43.6 Å². The number of carbonyl (C=O) groups excluding carboxylic acids is 1. The van der Waals surface area contributed by atoms with Gasteiger partial charge < -0.3 is 0 Å². The predicted octanol–water partition coefficient (Wildman–Crippen LogP) is 3.49. The van der Waals surface area contributed by atoms with Crippen LogP contribution in [0, 0.1) is 11.8 Å². The van der Waals surface area contributed by atoms with Crippen LogP contribution in [0.1, 0.15) is 52.4 Å². The maximum atomic E-state index is 11.6. The molecule has 1 fully saturated rings. The first-order valence-corrected chi connectivity index (χ1v) is 5.97. The number of hydrogen-bond donors (Lipinski definition) is 0. The number of unbranched alkanes of at least 4 members (excludes halogenated alkanes) is 1. The second kappa shape index (κ2) is 3.88. The van der Waals surface area contributed by atoms with Crippen molar-refractivity contribution in [3.63, 3.8) is 0 Å². The van der Waals surface area contributed by atoms with Gasteiger partial charge in [-0.3, -0.25) is 4.79 Å². The molecular weight excluding hydrogens is 172 g/mol. The number of carbonyl (C=O) groups is 1. The average Bonchev–Trinajstić information content (AvgIpc) is 2.84. The van der Waals surface area contributed by atoms with Crippen molar-refractivity contribution in [3.05, 3.63) is 11.1 Å². The van der Waals surface area contributed by atoms with Crippen molar-refractivity contribution < 1.29 is 4.79 Å². The normalized spacial score (nSPS) is 31.4. The fraction of sp³-hybridized carbons (Fsp3) is 0.769. The van der Waals surface area contributed by atoms with Crippen LogP contribution < -0.4 is 0 Å². The molecule has 2 atom stereocenters. The first-order chi connectivity index (χ1) is 6.74. The molecule has 0 N–H and O–H groups in total. The number of rotatable bonds is 4. The van der Waals surface area contributed by atoms with E-state index >= 15 is 0 Å². The van der Waals surface area contributed by atoms with Gasteiger partial charge >= 0.3 is 0 Å². The zero-order valence-corrected chi connectivity index (χ0v) is 9.31. The average molecular weight is 192 g/mol. The Kier molecular flexibility index (Phi) is 2.76. The standard InChI is InChI=1S/C13H20O/c1-3-4-5-10-8-11(10)13-9(2)6-7-12(13)14/h10-11H,3-8H2,1-2H3. The molecule has 0 spiro atoms. The molecule has 2 rings (SSSR count). The summed E-state index contributed by atoms with van der Waals surface area (Å²) >= 11 is 0. The topological polar surface area (TPSA) is 17.1 Å². The number of allylic oxidation sites excluding steroid dienone is 2. The Bertz CT molecular complexity index is 275. The molecule has 2 unspecified atom stereocenters. The van der Waals surface area contributed by atoms with Crippen LogP contribution in [0.5, 0.6) is 0 Å². The minimum Gasteiger partial charge on any atom is -0.295 e.